The average molecular weight is 206 g/mol. The van der Waals surface area contributed by atoms with Gasteiger partial charge in [-0.05, 0) is 17.7 Å². The van der Waals surface area contributed by atoms with Gasteiger partial charge in [-0.25, -0.2) is 0 Å². The number of hydrogen-bond donors (Lipinski definition) is 2. The van der Waals surface area contributed by atoms with Gasteiger partial charge >= 0.3 is 0 Å². The van der Waals surface area contributed by atoms with Gasteiger partial charge in [0.25, 0.3) is 0 Å². The van der Waals surface area contributed by atoms with E-state index in [4.69, 9.17) is 10.8 Å². The quantitative estimate of drug-likeness (QED) is 0.725. The van der Waals surface area contributed by atoms with Crippen molar-refractivity contribution < 1.29 is 9.90 Å². The third-order valence-electron chi connectivity index (χ3n) is 2.54. The van der Waals surface area contributed by atoms with Crippen LogP contribution in [0.1, 0.15) is 5.56 Å². The number of β-amino-alcohol motifs (C(OH)–C–C–N with tert-alkyl or cyclic N) is 1. The predicted molar refractivity (Wildman–Crippen MR) is 57.6 cm³/mol. The smallest absolute Gasteiger partial charge is 0.221 e. The number of nitrogens with zero attached hydrogens (tertiary/aromatic N) is 1. The molecule has 1 saturated heterocycles. The van der Waals surface area contributed by atoms with E-state index >= 15 is 0 Å². The topological polar surface area (TPSA) is 66.6 Å². The third-order valence-corrected chi connectivity index (χ3v) is 2.54. The average Bonchev–Trinajstić information content (AvgIpc) is 2.14. The number of aliphatic hydroxyl groups excluding tert-OH is 1. The van der Waals surface area contributed by atoms with Crippen molar-refractivity contribution in [3.8, 4) is 0 Å². The highest BCUT2D eigenvalue weighted by Crippen LogP contribution is 2.21. The lowest BCUT2D eigenvalue weighted by molar-refractivity contribution is -0.117. The zero-order valence-corrected chi connectivity index (χ0v) is 8.39. The number of aliphatic hydroxyl groups is 1. The Kier molecular flexibility index (Phi) is 2.60. The number of carbonyl (C=O) groups is 1. The normalized spacial score (nSPS) is 16.2. The summed E-state index contributed by atoms with van der Waals surface area (Å²) >= 11 is 0. The van der Waals surface area contributed by atoms with Gasteiger partial charge in [0.05, 0.1) is 12.5 Å². The largest absolute Gasteiger partial charge is 0.389 e. The molecule has 1 aliphatic heterocycles. The maximum Gasteiger partial charge on any atom is 0.221 e. The predicted octanol–water partition coefficient (Wildman–Crippen LogP) is -0.105. The molecule has 2 rings (SSSR count). The number of hydrogen-bond acceptors (Lipinski definition) is 3. The molecule has 15 heavy (non-hydrogen) atoms. The molecule has 1 fully saturated rings. The van der Waals surface area contributed by atoms with Crippen molar-refractivity contribution in [1.29, 1.82) is 0 Å². The Morgan fingerprint density at radius 2 is 2.00 bits per heavy atom. The molecular formula is C11H14N2O2. The Bertz CT molecular complexity index is 355. The molecule has 0 spiro atoms. The number of anilines is 1. The Morgan fingerprint density at radius 3 is 2.47 bits per heavy atom. The summed E-state index contributed by atoms with van der Waals surface area (Å²) < 4.78 is 0. The summed E-state index contributed by atoms with van der Waals surface area (Å²) in [4.78, 5) is 12.8. The first kappa shape index (κ1) is 9.98. The summed E-state index contributed by atoms with van der Waals surface area (Å²) in [5.74, 6) is -0.317. The lowest BCUT2D eigenvalue weighted by atomic mass is 10.1. The van der Waals surface area contributed by atoms with Crippen LogP contribution in [-0.4, -0.2) is 30.2 Å². The molecule has 1 amide bonds. The van der Waals surface area contributed by atoms with E-state index in [2.05, 4.69) is 4.90 Å². The van der Waals surface area contributed by atoms with Crippen LogP contribution in [-0.2, 0) is 11.2 Å². The fraction of sp³-hybridized carbons (Fsp3) is 0.364. The van der Waals surface area contributed by atoms with Crippen LogP contribution in [0, 0.1) is 0 Å². The van der Waals surface area contributed by atoms with Gasteiger partial charge in [0.2, 0.25) is 5.91 Å². The number of nitrogens with two attached hydrogens (primary N) is 1. The lowest BCUT2D eigenvalue weighted by Crippen LogP contribution is -2.50. The van der Waals surface area contributed by atoms with Crippen LogP contribution < -0.4 is 10.6 Å². The van der Waals surface area contributed by atoms with E-state index in [0.717, 1.165) is 11.3 Å². The SMILES string of the molecule is NC(=O)Cc1ccc(N2CC(O)C2)cc1. The van der Waals surface area contributed by atoms with E-state index < -0.39 is 0 Å². The van der Waals surface area contributed by atoms with E-state index in [1.165, 1.54) is 0 Å². The first-order valence-corrected chi connectivity index (χ1v) is 4.95. The zero-order valence-electron chi connectivity index (χ0n) is 8.39. The van der Waals surface area contributed by atoms with Crippen molar-refractivity contribution in [2.24, 2.45) is 5.73 Å². The van der Waals surface area contributed by atoms with Crippen LogP contribution in [0.15, 0.2) is 24.3 Å². The van der Waals surface area contributed by atoms with E-state index in [-0.39, 0.29) is 18.4 Å². The van der Waals surface area contributed by atoms with Crippen LogP contribution in [0.25, 0.3) is 0 Å². The molecule has 0 bridgehead atoms. The fourth-order valence-electron chi connectivity index (χ4n) is 1.69. The van der Waals surface area contributed by atoms with E-state index in [9.17, 15) is 4.79 Å². The molecule has 3 N–H and O–H groups in total. The summed E-state index contributed by atoms with van der Waals surface area (Å²) in [6.07, 6.45) is 0.0819. The Hall–Kier alpha value is -1.55. The number of carbonyl (C=O) groups excluding carboxylic acids is 1. The van der Waals surface area contributed by atoms with Crippen molar-refractivity contribution in [2.45, 2.75) is 12.5 Å². The standard InChI is InChI=1S/C11H14N2O2/c12-11(15)5-8-1-3-9(4-2-8)13-6-10(14)7-13/h1-4,10,14H,5-7H2,(H2,12,15). The van der Waals surface area contributed by atoms with E-state index in [1.807, 2.05) is 24.3 Å². The summed E-state index contributed by atoms with van der Waals surface area (Å²) in [5, 5.41) is 9.15. The number of rotatable bonds is 3. The van der Waals surface area contributed by atoms with Gasteiger partial charge in [-0.1, -0.05) is 12.1 Å². The number of primary amides is 1. The van der Waals surface area contributed by atoms with Gasteiger partial charge in [-0.15, -0.1) is 0 Å². The molecule has 0 unspecified atom stereocenters. The van der Waals surface area contributed by atoms with Crippen LogP contribution >= 0.6 is 0 Å². The molecule has 0 aliphatic carbocycles. The maximum absolute atomic E-state index is 10.7. The molecule has 0 aromatic heterocycles. The molecule has 0 saturated carbocycles. The Morgan fingerprint density at radius 1 is 1.40 bits per heavy atom. The molecule has 1 aromatic rings. The van der Waals surface area contributed by atoms with Gasteiger partial charge in [-0.2, -0.15) is 0 Å². The minimum atomic E-state index is -0.317. The van der Waals surface area contributed by atoms with Crippen molar-refractivity contribution in [3.63, 3.8) is 0 Å². The minimum Gasteiger partial charge on any atom is -0.389 e. The van der Waals surface area contributed by atoms with Crippen LogP contribution in [0.3, 0.4) is 0 Å². The van der Waals surface area contributed by atoms with Crippen molar-refractivity contribution in [3.05, 3.63) is 29.8 Å². The highest BCUT2D eigenvalue weighted by Gasteiger charge is 2.24. The Labute approximate surface area is 88.3 Å². The van der Waals surface area contributed by atoms with Crippen molar-refractivity contribution >= 4 is 11.6 Å². The molecule has 1 aromatic carbocycles. The second-order valence-corrected chi connectivity index (χ2v) is 3.87. The number of amides is 1. The number of benzene rings is 1. The molecule has 4 heteroatoms. The van der Waals surface area contributed by atoms with Crippen LogP contribution in [0.2, 0.25) is 0 Å². The van der Waals surface area contributed by atoms with Crippen molar-refractivity contribution in [1.82, 2.24) is 0 Å². The first-order chi connectivity index (χ1) is 7.15. The minimum absolute atomic E-state index is 0.199. The highest BCUT2D eigenvalue weighted by molar-refractivity contribution is 5.76. The lowest BCUT2D eigenvalue weighted by Gasteiger charge is -2.37. The summed E-state index contributed by atoms with van der Waals surface area (Å²) in [7, 11) is 0. The van der Waals surface area contributed by atoms with Gasteiger partial charge in [0.1, 0.15) is 0 Å². The highest BCUT2D eigenvalue weighted by atomic mass is 16.3. The maximum atomic E-state index is 10.7. The molecule has 1 heterocycles. The molecule has 0 atom stereocenters. The summed E-state index contributed by atoms with van der Waals surface area (Å²) in [6, 6.07) is 7.68. The van der Waals surface area contributed by atoms with Gasteiger partial charge in [0.15, 0.2) is 0 Å². The Balaban J connectivity index is 2.01. The van der Waals surface area contributed by atoms with Gasteiger partial charge in [0, 0.05) is 18.8 Å². The molecule has 80 valence electrons. The summed E-state index contributed by atoms with van der Waals surface area (Å²) in [6.45, 7) is 1.38. The molecule has 4 nitrogen and oxygen atoms in total. The molecule has 0 radical (unpaired) electrons. The fourth-order valence-corrected chi connectivity index (χ4v) is 1.69. The van der Waals surface area contributed by atoms with Crippen molar-refractivity contribution in [2.75, 3.05) is 18.0 Å². The third kappa shape index (κ3) is 2.27. The van der Waals surface area contributed by atoms with Crippen LogP contribution in [0.4, 0.5) is 5.69 Å². The van der Waals surface area contributed by atoms with Gasteiger partial charge < -0.3 is 15.7 Å². The van der Waals surface area contributed by atoms with Gasteiger partial charge in [-0.3, -0.25) is 4.79 Å². The van der Waals surface area contributed by atoms with E-state index in [0.29, 0.717) is 13.1 Å². The van der Waals surface area contributed by atoms with Crippen LogP contribution in [0.5, 0.6) is 0 Å². The second kappa shape index (κ2) is 3.90. The molecule has 1 aliphatic rings. The van der Waals surface area contributed by atoms with E-state index in [1.54, 1.807) is 0 Å². The zero-order chi connectivity index (χ0) is 10.8. The monoisotopic (exact) mass is 206 g/mol. The second-order valence-electron chi connectivity index (χ2n) is 3.87. The first-order valence-electron chi connectivity index (χ1n) is 4.95. The summed E-state index contributed by atoms with van der Waals surface area (Å²) in [5.41, 5.74) is 7.10. The molecular weight excluding hydrogens is 192 g/mol.